The maximum atomic E-state index is 12.0. The number of carbonyl (C=O) groups excluding carboxylic acids is 1. The molecule has 108 valence electrons. The number of methoxy groups -OCH3 is 2. The third-order valence-corrected chi connectivity index (χ3v) is 2.95. The van der Waals surface area contributed by atoms with E-state index in [0.717, 1.165) is 5.56 Å². The zero-order chi connectivity index (χ0) is 15.2. The summed E-state index contributed by atoms with van der Waals surface area (Å²) in [6.07, 6.45) is 3.17. The van der Waals surface area contributed by atoms with Gasteiger partial charge in [-0.3, -0.25) is 4.79 Å². The molecule has 4 heteroatoms. The largest absolute Gasteiger partial charge is 0.508 e. The van der Waals surface area contributed by atoms with Crippen molar-refractivity contribution in [1.82, 2.24) is 0 Å². The highest BCUT2D eigenvalue weighted by molar-refractivity contribution is 6.06. The summed E-state index contributed by atoms with van der Waals surface area (Å²) in [6.45, 7) is 0. The Morgan fingerprint density at radius 1 is 1.00 bits per heavy atom. The molecule has 0 aromatic heterocycles. The van der Waals surface area contributed by atoms with Crippen LogP contribution in [0.15, 0.2) is 48.5 Å². The molecule has 0 aliphatic rings. The Bertz CT molecular complexity index is 635. The molecular weight excluding hydrogens is 268 g/mol. The lowest BCUT2D eigenvalue weighted by atomic mass is 10.1. The van der Waals surface area contributed by atoms with Crippen molar-refractivity contribution in [3.63, 3.8) is 0 Å². The Balaban J connectivity index is 2.20. The van der Waals surface area contributed by atoms with Gasteiger partial charge < -0.3 is 14.6 Å². The zero-order valence-corrected chi connectivity index (χ0v) is 11.9. The van der Waals surface area contributed by atoms with E-state index in [9.17, 15) is 9.90 Å². The molecule has 0 saturated carbocycles. The molecule has 2 rings (SSSR count). The maximum absolute atomic E-state index is 12.0. The van der Waals surface area contributed by atoms with Crippen LogP contribution in [0.25, 0.3) is 6.08 Å². The maximum Gasteiger partial charge on any atom is 0.185 e. The lowest BCUT2D eigenvalue weighted by molar-refractivity contribution is 0.104. The number of ether oxygens (including phenoxy) is 2. The van der Waals surface area contributed by atoms with E-state index in [4.69, 9.17) is 9.47 Å². The zero-order valence-electron chi connectivity index (χ0n) is 11.9. The Labute approximate surface area is 123 Å². The van der Waals surface area contributed by atoms with E-state index in [1.165, 1.54) is 18.2 Å². The van der Waals surface area contributed by atoms with E-state index in [2.05, 4.69) is 0 Å². The average molecular weight is 284 g/mol. The van der Waals surface area contributed by atoms with Crippen LogP contribution in [0.3, 0.4) is 0 Å². The standard InChI is InChI=1S/C17H16O4/c1-20-15-9-12(10-16(11-15)21-2)3-8-17(19)13-4-6-14(18)7-5-13/h3-11,18H,1-2H3/b8-3+. The summed E-state index contributed by atoms with van der Waals surface area (Å²) in [5, 5.41) is 9.20. The van der Waals surface area contributed by atoms with Gasteiger partial charge in [-0.25, -0.2) is 0 Å². The highest BCUT2D eigenvalue weighted by Crippen LogP contribution is 2.23. The number of carbonyl (C=O) groups is 1. The molecule has 2 aromatic rings. The Hall–Kier alpha value is -2.75. The topological polar surface area (TPSA) is 55.8 Å². The Kier molecular flexibility index (Phi) is 4.61. The molecule has 0 amide bonds. The number of allylic oxidation sites excluding steroid dienone is 1. The number of hydrogen-bond acceptors (Lipinski definition) is 4. The molecule has 0 unspecified atom stereocenters. The summed E-state index contributed by atoms with van der Waals surface area (Å²) >= 11 is 0. The number of phenols is 1. The molecule has 0 radical (unpaired) electrons. The Morgan fingerprint density at radius 3 is 2.10 bits per heavy atom. The van der Waals surface area contributed by atoms with Crippen molar-refractivity contribution < 1.29 is 19.4 Å². The van der Waals surface area contributed by atoms with Crippen molar-refractivity contribution >= 4 is 11.9 Å². The third kappa shape index (κ3) is 3.86. The van der Waals surface area contributed by atoms with E-state index in [-0.39, 0.29) is 11.5 Å². The molecule has 2 aromatic carbocycles. The first kappa shape index (κ1) is 14.7. The smallest absolute Gasteiger partial charge is 0.185 e. The van der Waals surface area contributed by atoms with Gasteiger partial charge in [0.15, 0.2) is 5.78 Å². The number of hydrogen-bond donors (Lipinski definition) is 1. The normalized spacial score (nSPS) is 10.6. The molecule has 4 nitrogen and oxygen atoms in total. The van der Waals surface area contributed by atoms with Gasteiger partial charge in [-0.05, 0) is 48.0 Å². The fraction of sp³-hybridized carbons (Fsp3) is 0.118. The summed E-state index contributed by atoms with van der Waals surface area (Å²) in [5.74, 6) is 1.31. The molecule has 0 saturated heterocycles. The van der Waals surface area contributed by atoms with Gasteiger partial charge in [0, 0.05) is 11.6 Å². The van der Waals surface area contributed by atoms with Crippen LogP contribution in [0.4, 0.5) is 0 Å². The minimum Gasteiger partial charge on any atom is -0.508 e. The van der Waals surface area contributed by atoms with Gasteiger partial charge in [0.05, 0.1) is 14.2 Å². The summed E-state index contributed by atoms with van der Waals surface area (Å²) in [5.41, 5.74) is 1.32. The van der Waals surface area contributed by atoms with Crippen molar-refractivity contribution in [2.45, 2.75) is 0 Å². The minimum absolute atomic E-state index is 0.132. The molecule has 1 N–H and O–H groups in total. The highest BCUT2D eigenvalue weighted by atomic mass is 16.5. The number of phenolic OH excluding ortho intramolecular Hbond substituents is 1. The van der Waals surface area contributed by atoms with Crippen LogP contribution in [0.5, 0.6) is 17.2 Å². The molecule has 0 atom stereocenters. The van der Waals surface area contributed by atoms with Crippen molar-refractivity contribution in [3.05, 3.63) is 59.7 Å². The highest BCUT2D eigenvalue weighted by Gasteiger charge is 2.03. The summed E-state index contributed by atoms with van der Waals surface area (Å²) in [6, 6.07) is 11.5. The number of rotatable bonds is 5. The van der Waals surface area contributed by atoms with Gasteiger partial charge >= 0.3 is 0 Å². The summed E-state index contributed by atoms with van der Waals surface area (Å²) in [7, 11) is 3.15. The molecule has 0 bridgehead atoms. The van der Waals surface area contributed by atoms with Crippen LogP contribution < -0.4 is 9.47 Å². The second-order valence-electron chi connectivity index (χ2n) is 4.39. The van der Waals surface area contributed by atoms with Gasteiger partial charge in [0.2, 0.25) is 0 Å². The predicted octanol–water partition coefficient (Wildman–Crippen LogP) is 3.31. The summed E-state index contributed by atoms with van der Waals surface area (Å²) < 4.78 is 10.4. The number of aromatic hydroxyl groups is 1. The molecule has 0 spiro atoms. The second-order valence-corrected chi connectivity index (χ2v) is 4.39. The van der Waals surface area contributed by atoms with E-state index < -0.39 is 0 Å². The lowest BCUT2D eigenvalue weighted by Gasteiger charge is -2.05. The number of benzene rings is 2. The van der Waals surface area contributed by atoms with Crippen molar-refractivity contribution in [3.8, 4) is 17.2 Å². The molecule has 0 heterocycles. The van der Waals surface area contributed by atoms with Crippen molar-refractivity contribution in [2.75, 3.05) is 14.2 Å². The van der Waals surface area contributed by atoms with Crippen LogP contribution >= 0.6 is 0 Å². The SMILES string of the molecule is COc1cc(/C=C/C(=O)c2ccc(O)cc2)cc(OC)c1. The first-order valence-corrected chi connectivity index (χ1v) is 6.37. The van der Waals surface area contributed by atoms with E-state index in [0.29, 0.717) is 17.1 Å². The monoisotopic (exact) mass is 284 g/mol. The van der Waals surface area contributed by atoms with Gasteiger partial charge in [-0.1, -0.05) is 6.08 Å². The molecule has 0 fully saturated rings. The third-order valence-electron chi connectivity index (χ3n) is 2.95. The van der Waals surface area contributed by atoms with Crippen LogP contribution in [0.1, 0.15) is 15.9 Å². The van der Waals surface area contributed by atoms with Gasteiger partial charge in [0.25, 0.3) is 0 Å². The van der Waals surface area contributed by atoms with Crippen LogP contribution in [-0.2, 0) is 0 Å². The van der Waals surface area contributed by atoms with Gasteiger partial charge in [-0.15, -0.1) is 0 Å². The lowest BCUT2D eigenvalue weighted by Crippen LogP contribution is -1.93. The first-order chi connectivity index (χ1) is 10.1. The molecular formula is C17H16O4. The summed E-state index contributed by atoms with van der Waals surface area (Å²) in [4.78, 5) is 12.0. The van der Waals surface area contributed by atoms with Crippen molar-refractivity contribution in [2.24, 2.45) is 0 Å². The molecule has 0 aliphatic carbocycles. The van der Waals surface area contributed by atoms with E-state index >= 15 is 0 Å². The Morgan fingerprint density at radius 2 is 1.57 bits per heavy atom. The van der Waals surface area contributed by atoms with Crippen molar-refractivity contribution in [1.29, 1.82) is 0 Å². The van der Waals surface area contributed by atoms with Crippen LogP contribution in [-0.4, -0.2) is 25.1 Å². The van der Waals surface area contributed by atoms with Crippen LogP contribution in [0.2, 0.25) is 0 Å². The molecule has 21 heavy (non-hydrogen) atoms. The fourth-order valence-corrected chi connectivity index (χ4v) is 1.82. The fourth-order valence-electron chi connectivity index (χ4n) is 1.82. The van der Waals surface area contributed by atoms with E-state index in [1.54, 1.807) is 38.5 Å². The first-order valence-electron chi connectivity index (χ1n) is 6.37. The van der Waals surface area contributed by atoms with Gasteiger partial charge in [0.1, 0.15) is 17.2 Å². The average Bonchev–Trinajstić information content (AvgIpc) is 2.52. The minimum atomic E-state index is -0.142. The second kappa shape index (κ2) is 6.61. The number of ketones is 1. The predicted molar refractivity (Wildman–Crippen MR) is 81.0 cm³/mol. The van der Waals surface area contributed by atoms with Crippen LogP contribution in [0, 0.1) is 0 Å². The molecule has 0 aliphatic heterocycles. The van der Waals surface area contributed by atoms with E-state index in [1.807, 2.05) is 12.1 Å². The van der Waals surface area contributed by atoms with Gasteiger partial charge in [-0.2, -0.15) is 0 Å². The quantitative estimate of drug-likeness (QED) is 0.676.